The molecule has 316 valence electrons. The van der Waals surface area contributed by atoms with Gasteiger partial charge in [-0.05, 0) is 60.7 Å². The molecule has 59 heavy (non-hydrogen) atoms. The molecule has 0 bridgehead atoms. The number of methoxy groups -OCH3 is 1. The van der Waals surface area contributed by atoms with Gasteiger partial charge in [-0.15, -0.1) is 0 Å². The van der Waals surface area contributed by atoms with E-state index in [9.17, 15) is 22.8 Å². The van der Waals surface area contributed by atoms with Gasteiger partial charge in [0.2, 0.25) is 5.88 Å². The number of rotatable bonds is 7. The predicted molar refractivity (Wildman–Crippen MR) is 222 cm³/mol. The number of fused-ring (bicyclic) bond motifs is 2. The van der Waals surface area contributed by atoms with Crippen LogP contribution in [0.2, 0.25) is 5.15 Å². The maximum atomic E-state index is 14.7. The summed E-state index contributed by atoms with van der Waals surface area (Å²) in [6.45, 7) is 16.1. The first-order valence-corrected chi connectivity index (χ1v) is 19.6. The monoisotopic (exact) mass is 839 g/mol. The van der Waals surface area contributed by atoms with Gasteiger partial charge in [0.1, 0.15) is 51.1 Å². The highest BCUT2D eigenvalue weighted by atomic mass is 35.5. The number of H-pyrrole nitrogens is 1. The molecule has 0 unspecified atom stereocenters. The zero-order chi connectivity index (χ0) is 42.8. The predicted octanol–water partition coefficient (Wildman–Crippen LogP) is 6.68. The van der Waals surface area contributed by atoms with Crippen molar-refractivity contribution >= 4 is 57.0 Å². The Balaban J connectivity index is 0.000000204. The highest BCUT2D eigenvalue weighted by molar-refractivity contribution is 6.34. The number of halogens is 4. The lowest BCUT2D eigenvalue weighted by atomic mass is 10.0. The minimum absolute atomic E-state index is 0.137. The summed E-state index contributed by atoms with van der Waals surface area (Å²) in [4.78, 5) is 57.3. The van der Waals surface area contributed by atoms with Crippen LogP contribution in [0.1, 0.15) is 62.9 Å². The van der Waals surface area contributed by atoms with Crippen molar-refractivity contribution in [3.05, 3.63) is 74.4 Å². The zero-order valence-corrected chi connectivity index (χ0v) is 35.1. The molecule has 1 amide bonds. The Hall–Kier alpha value is -5.49. The number of aromatic nitrogens is 6. The fourth-order valence-electron chi connectivity index (χ4n) is 6.86. The molecule has 2 saturated heterocycles. The van der Waals surface area contributed by atoms with Gasteiger partial charge in [-0.25, -0.2) is 37.9 Å². The molecular formula is C40H49ClF3N11O4. The average molecular weight is 840 g/mol. The summed E-state index contributed by atoms with van der Waals surface area (Å²) in [5.41, 5.74) is 0.933. The normalized spacial score (nSPS) is 15.6. The van der Waals surface area contributed by atoms with E-state index in [1.165, 1.54) is 12.1 Å². The van der Waals surface area contributed by atoms with Crippen molar-refractivity contribution < 1.29 is 27.4 Å². The third-order valence-corrected chi connectivity index (χ3v) is 10.2. The van der Waals surface area contributed by atoms with E-state index in [0.717, 1.165) is 37.9 Å². The van der Waals surface area contributed by atoms with Crippen molar-refractivity contribution in [3.8, 4) is 5.88 Å². The van der Waals surface area contributed by atoms with Crippen LogP contribution in [0.5, 0.6) is 5.88 Å². The third kappa shape index (κ3) is 10.0. The lowest BCUT2D eigenvalue weighted by Gasteiger charge is -2.36. The van der Waals surface area contributed by atoms with Crippen LogP contribution >= 0.6 is 11.6 Å². The molecule has 2 aliphatic rings. The minimum atomic E-state index is -2.89. The van der Waals surface area contributed by atoms with Gasteiger partial charge in [0.05, 0.1) is 29.5 Å². The zero-order valence-electron chi connectivity index (χ0n) is 34.4. The first kappa shape index (κ1) is 43.1. The molecule has 6 heterocycles. The van der Waals surface area contributed by atoms with Crippen molar-refractivity contribution in [3.63, 3.8) is 0 Å². The maximum Gasteiger partial charge on any atom is 0.410 e. The van der Waals surface area contributed by atoms with Gasteiger partial charge < -0.3 is 39.4 Å². The van der Waals surface area contributed by atoms with E-state index >= 15 is 0 Å². The highest BCUT2D eigenvalue weighted by Crippen LogP contribution is 2.35. The van der Waals surface area contributed by atoms with E-state index in [1.807, 2.05) is 31.7 Å². The Morgan fingerprint density at radius 1 is 0.881 bits per heavy atom. The van der Waals surface area contributed by atoms with Crippen LogP contribution in [0.25, 0.3) is 22.1 Å². The molecule has 2 fully saturated rings. The number of aromatic amines is 1. The van der Waals surface area contributed by atoms with E-state index in [2.05, 4.69) is 52.1 Å². The number of ether oxygens (including phenoxy) is 2. The Bertz CT molecular complexity index is 2380. The topological polar surface area (TPSA) is 158 Å². The maximum absolute atomic E-state index is 14.7. The summed E-state index contributed by atoms with van der Waals surface area (Å²) in [6, 6.07) is 7.03. The number of nitrogens with zero attached hydrogens (tertiary/aromatic N) is 9. The van der Waals surface area contributed by atoms with Crippen LogP contribution in [0, 0.1) is 19.7 Å². The van der Waals surface area contributed by atoms with Gasteiger partial charge in [0, 0.05) is 57.9 Å². The molecule has 1 atom stereocenters. The van der Waals surface area contributed by atoms with Gasteiger partial charge in [-0.3, -0.25) is 4.79 Å². The quantitative estimate of drug-likeness (QED) is 0.168. The van der Waals surface area contributed by atoms with Crippen molar-refractivity contribution in [2.75, 3.05) is 81.6 Å². The van der Waals surface area contributed by atoms with Crippen LogP contribution in [-0.4, -0.2) is 118 Å². The molecular weight excluding hydrogens is 791 g/mol. The molecule has 0 spiro atoms. The first-order chi connectivity index (χ1) is 27.9. The van der Waals surface area contributed by atoms with Crippen LogP contribution < -0.4 is 25.4 Å². The number of alkyl halides is 2. The van der Waals surface area contributed by atoms with Crippen LogP contribution in [-0.2, 0) is 4.74 Å². The number of carbonyl (C=O) groups excluding carboxylic acids is 1. The van der Waals surface area contributed by atoms with Crippen LogP contribution in [0.4, 0.5) is 35.2 Å². The Morgan fingerprint density at radius 2 is 1.49 bits per heavy atom. The number of anilines is 3. The molecule has 15 nitrogen and oxygen atoms in total. The number of piperazine rings is 2. The molecule has 0 aliphatic carbocycles. The lowest BCUT2D eigenvalue weighted by molar-refractivity contribution is 0.0240. The summed E-state index contributed by atoms with van der Waals surface area (Å²) in [7, 11) is 3.65. The van der Waals surface area contributed by atoms with Crippen LogP contribution in [0.3, 0.4) is 0 Å². The number of hydrogen-bond donors (Lipinski definition) is 2. The van der Waals surface area contributed by atoms with Gasteiger partial charge in [0.25, 0.3) is 12.0 Å². The molecule has 2 N–H and O–H groups in total. The average Bonchev–Trinajstić information content (AvgIpc) is 3.17. The number of aryl methyl sites for hydroxylation is 2. The molecule has 19 heteroatoms. The second-order valence-corrected chi connectivity index (χ2v) is 15.8. The van der Waals surface area contributed by atoms with Crippen molar-refractivity contribution in [1.29, 1.82) is 0 Å². The summed E-state index contributed by atoms with van der Waals surface area (Å²) in [6.07, 6.45) is -3.22. The van der Waals surface area contributed by atoms with Crippen molar-refractivity contribution in [2.45, 2.75) is 59.6 Å². The fraction of sp³-hybridized carbons (Fsp3) is 0.475. The lowest BCUT2D eigenvalue weighted by Crippen LogP contribution is -2.51. The van der Waals surface area contributed by atoms with E-state index < -0.39 is 29.4 Å². The number of benzene rings is 1. The second kappa shape index (κ2) is 17.8. The number of amides is 1. The van der Waals surface area contributed by atoms with Crippen LogP contribution in [0.15, 0.2) is 35.1 Å². The molecule has 1 aromatic carbocycles. The summed E-state index contributed by atoms with van der Waals surface area (Å²) >= 11 is 6.19. The molecule has 5 aromatic rings. The summed E-state index contributed by atoms with van der Waals surface area (Å²) < 4.78 is 52.0. The third-order valence-electron chi connectivity index (χ3n) is 9.92. The number of likely N-dealkylation sites (N-methyl/N-ethyl adjacent to an activating group) is 1. The molecule has 0 radical (unpaired) electrons. The minimum Gasteiger partial charge on any atom is -0.479 e. The molecule has 0 saturated carbocycles. The van der Waals surface area contributed by atoms with Crippen molar-refractivity contribution in [2.24, 2.45) is 0 Å². The number of carbonyl (C=O) groups is 1. The number of hydrogen-bond acceptors (Lipinski definition) is 13. The highest BCUT2D eigenvalue weighted by Gasteiger charge is 2.28. The summed E-state index contributed by atoms with van der Waals surface area (Å²) in [5.74, 6) is 0.982. The van der Waals surface area contributed by atoms with Crippen molar-refractivity contribution in [1.82, 2.24) is 39.7 Å². The molecule has 7 rings (SSSR count). The SMILES string of the molecule is COc1nc2nc(C)nc(N[C@H](C)c3cccc(C(F)F)c3F)c2cc1N1CCN(C)CC1.Cc1nc(Cl)c2cc(N3CCN(C(=O)OC(C)(C)C)CC3)c(=O)[nH]c2n1. The van der Waals surface area contributed by atoms with Gasteiger partial charge in [-0.2, -0.15) is 4.98 Å². The van der Waals surface area contributed by atoms with Gasteiger partial charge in [0.15, 0.2) is 5.65 Å². The standard InChI is InChI=1S/C23H27F3N6O.C17H22ClN5O3/c1-13(15-6-5-7-16(19(15)24)20(25)26)27-21-17-12-18(32-10-8-31(3)9-11-32)23(33-4)30-22(17)29-14(2)28-21;1-10-19-13(18)11-9-12(15(24)21-14(11)20-10)22-5-7-23(8-6-22)16(25)26-17(2,3)4/h5-7,12-13,20H,8-11H2,1-4H3,(H,27,28,29,30);9H,5-8H2,1-4H3,(H,19,20,21,24)/t13-;/m1./s1. The van der Waals surface area contributed by atoms with E-state index in [0.29, 0.717) is 82.4 Å². The molecule has 2 aliphatic heterocycles. The van der Waals surface area contributed by atoms with E-state index in [1.54, 1.807) is 38.8 Å². The van der Waals surface area contributed by atoms with E-state index in [-0.39, 0.29) is 17.2 Å². The largest absolute Gasteiger partial charge is 0.479 e. The number of pyridine rings is 2. The Morgan fingerprint density at radius 3 is 2.14 bits per heavy atom. The Labute approximate surface area is 344 Å². The molecule has 4 aromatic heterocycles. The Kier molecular flexibility index (Phi) is 13.0. The van der Waals surface area contributed by atoms with E-state index in [4.69, 9.17) is 21.1 Å². The fourth-order valence-corrected chi connectivity index (χ4v) is 7.13. The van der Waals surface area contributed by atoms with Gasteiger partial charge >= 0.3 is 6.09 Å². The first-order valence-electron chi connectivity index (χ1n) is 19.2. The summed E-state index contributed by atoms with van der Waals surface area (Å²) in [5, 5.41) is 4.73. The van der Waals surface area contributed by atoms with Gasteiger partial charge in [-0.1, -0.05) is 29.8 Å². The second-order valence-electron chi connectivity index (χ2n) is 15.5. The smallest absolute Gasteiger partial charge is 0.410 e. The number of nitrogens with one attached hydrogen (secondary N) is 2.